The van der Waals surface area contributed by atoms with Gasteiger partial charge in [0.25, 0.3) is 0 Å². The zero-order chi connectivity index (χ0) is 13.1. The van der Waals surface area contributed by atoms with E-state index in [0.717, 1.165) is 11.3 Å². The van der Waals surface area contributed by atoms with E-state index in [-0.39, 0.29) is 0 Å². The van der Waals surface area contributed by atoms with E-state index in [1.165, 1.54) is 5.56 Å². The van der Waals surface area contributed by atoms with Gasteiger partial charge in [-0.25, -0.2) is 0 Å². The average molecular weight is 250 g/mol. The van der Waals surface area contributed by atoms with Crippen LogP contribution < -0.4 is 5.73 Å². The van der Waals surface area contributed by atoms with Gasteiger partial charge in [0.2, 0.25) is 0 Å². The lowest BCUT2D eigenvalue weighted by atomic mass is 10.1. The number of nitrogens with two attached hydrogens (primary N) is 1. The molecule has 0 aliphatic rings. The molecule has 0 aliphatic heterocycles. The summed E-state index contributed by atoms with van der Waals surface area (Å²) in [6, 6.07) is 14.2. The number of pyridine rings is 1. The number of hydrogen-bond donors (Lipinski definition) is 1. The third-order valence-corrected chi connectivity index (χ3v) is 2.89. The first-order chi connectivity index (χ1) is 9.31. The van der Waals surface area contributed by atoms with E-state index in [1.54, 1.807) is 12.4 Å². The molecule has 0 unspecified atom stereocenters. The molecule has 3 rings (SSSR count). The van der Waals surface area contributed by atoms with Crippen LogP contribution in [0.2, 0.25) is 0 Å². The largest absolute Gasteiger partial charge is 0.396 e. The van der Waals surface area contributed by atoms with Crippen molar-refractivity contribution < 1.29 is 0 Å². The highest BCUT2D eigenvalue weighted by Gasteiger charge is 2.01. The van der Waals surface area contributed by atoms with Gasteiger partial charge in [-0.05, 0) is 23.8 Å². The summed E-state index contributed by atoms with van der Waals surface area (Å²) in [6.07, 6.45) is 5.28. The summed E-state index contributed by atoms with van der Waals surface area (Å²) >= 11 is 0. The summed E-state index contributed by atoms with van der Waals surface area (Å²) in [4.78, 5) is 4.36. The number of anilines is 1. The van der Waals surface area contributed by atoms with Crippen LogP contribution in [0.5, 0.6) is 0 Å². The van der Waals surface area contributed by atoms with E-state index in [2.05, 4.69) is 28.3 Å². The van der Waals surface area contributed by atoms with Gasteiger partial charge in [-0.1, -0.05) is 24.3 Å². The molecule has 0 aliphatic carbocycles. The van der Waals surface area contributed by atoms with Crippen molar-refractivity contribution in [1.29, 1.82) is 0 Å². The van der Waals surface area contributed by atoms with Gasteiger partial charge < -0.3 is 5.73 Å². The fourth-order valence-electron chi connectivity index (χ4n) is 2.02. The summed E-state index contributed by atoms with van der Waals surface area (Å²) in [5.41, 5.74) is 9.60. The monoisotopic (exact) mass is 250 g/mol. The van der Waals surface area contributed by atoms with Crippen LogP contribution in [0.4, 0.5) is 5.69 Å². The molecule has 2 aromatic heterocycles. The van der Waals surface area contributed by atoms with Crippen molar-refractivity contribution in [3.8, 4) is 11.3 Å². The highest BCUT2D eigenvalue weighted by atomic mass is 15.3. The maximum atomic E-state index is 5.66. The lowest BCUT2D eigenvalue weighted by Crippen LogP contribution is -2.00. The van der Waals surface area contributed by atoms with E-state index in [0.29, 0.717) is 12.2 Å². The Morgan fingerprint density at radius 1 is 1.11 bits per heavy atom. The Balaban J connectivity index is 1.88. The van der Waals surface area contributed by atoms with Crippen LogP contribution in [0, 0.1) is 0 Å². The first-order valence-corrected chi connectivity index (χ1v) is 6.09. The van der Waals surface area contributed by atoms with Gasteiger partial charge >= 0.3 is 0 Å². The molecule has 0 spiro atoms. The molecule has 2 N–H and O–H groups in total. The Kier molecular flexibility index (Phi) is 2.98. The van der Waals surface area contributed by atoms with Gasteiger partial charge in [-0.3, -0.25) is 9.67 Å². The summed E-state index contributed by atoms with van der Waals surface area (Å²) in [5, 5.41) is 4.19. The van der Waals surface area contributed by atoms with Crippen LogP contribution in [-0.4, -0.2) is 14.8 Å². The minimum atomic E-state index is 0.681. The Labute approximate surface area is 111 Å². The summed E-state index contributed by atoms with van der Waals surface area (Å²) in [5.74, 6) is 0. The van der Waals surface area contributed by atoms with E-state index in [9.17, 15) is 0 Å². The molecular formula is C15H14N4. The zero-order valence-corrected chi connectivity index (χ0v) is 10.4. The van der Waals surface area contributed by atoms with Gasteiger partial charge in [0.15, 0.2) is 0 Å². The van der Waals surface area contributed by atoms with Gasteiger partial charge in [0.05, 0.1) is 24.1 Å². The maximum Gasteiger partial charge on any atom is 0.0719 e. The predicted octanol–water partition coefficient (Wildman–Crippen LogP) is 2.58. The Morgan fingerprint density at radius 2 is 2.05 bits per heavy atom. The molecule has 0 saturated heterocycles. The molecule has 19 heavy (non-hydrogen) atoms. The number of benzene rings is 1. The summed E-state index contributed by atoms with van der Waals surface area (Å²) in [7, 11) is 0. The third kappa shape index (κ3) is 2.63. The normalized spacial score (nSPS) is 10.5. The lowest BCUT2D eigenvalue weighted by molar-refractivity contribution is 0.687. The van der Waals surface area contributed by atoms with Crippen molar-refractivity contribution in [1.82, 2.24) is 14.8 Å². The number of hydrogen-bond acceptors (Lipinski definition) is 3. The number of rotatable bonds is 3. The first-order valence-electron chi connectivity index (χ1n) is 6.09. The van der Waals surface area contributed by atoms with Crippen molar-refractivity contribution >= 4 is 5.69 Å². The minimum Gasteiger partial charge on any atom is -0.396 e. The lowest BCUT2D eigenvalue weighted by Gasteiger charge is -2.05. The molecule has 0 amide bonds. The minimum absolute atomic E-state index is 0.681. The summed E-state index contributed by atoms with van der Waals surface area (Å²) < 4.78 is 1.83. The Hall–Kier alpha value is -2.62. The maximum absolute atomic E-state index is 5.66. The second-order valence-electron chi connectivity index (χ2n) is 4.39. The van der Waals surface area contributed by atoms with Gasteiger partial charge in [-0.2, -0.15) is 5.10 Å². The SMILES string of the molecule is Nc1cnn(Cc2cccc(-c3ccccn3)c2)c1. The van der Waals surface area contributed by atoms with E-state index >= 15 is 0 Å². The van der Waals surface area contributed by atoms with Crippen molar-refractivity contribution in [2.75, 3.05) is 5.73 Å². The van der Waals surface area contributed by atoms with Crippen LogP contribution in [0.3, 0.4) is 0 Å². The molecule has 0 fully saturated rings. The second-order valence-corrected chi connectivity index (χ2v) is 4.39. The van der Waals surface area contributed by atoms with Gasteiger partial charge in [-0.15, -0.1) is 0 Å². The fraction of sp³-hybridized carbons (Fsp3) is 0.0667. The van der Waals surface area contributed by atoms with Crippen LogP contribution >= 0.6 is 0 Å². The van der Waals surface area contributed by atoms with E-state index in [1.807, 2.05) is 35.1 Å². The van der Waals surface area contributed by atoms with Crippen LogP contribution in [0.15, 0.2) is 61.1 Å². The van der Waals surface area contributed by atoms with Crippen LogP contribution in [0.25, 0.3) is 11.3 Å². The topological polar surface area (TPSA) is 56.7 Å². The van der Waals surface area contributed by atoms with Crippen LogP contribution in [0.1, 0.15) is 5.56 Å². The zero-order valence-electron chi connectivity index (χ0n) is 10.4. The molecule has 2 heterocycles. The van der Waals surface area contributed by atoms with Gasteiger partial charge in [0, 0.05) is 18.0 Å². The predicted molar refractivity (Wildman–Crippen MR) is 75.4 cm³/mol. The molecule has 4 heteroatoms. The van der Waals surface area contributed by atoms with Crippen LogP contribution in [-0.2, 0) is 6.54 Å². The Morgan fingerprint density at radius 3 is 2.79 bits per heavy atom. The van der Waals surface area contributed by atoms with E-state index < -0.39 is 0 Å². The molecule has 3 aromatic rings. The fourth-order valence-corrected chi connectivity index (χ4v) is 2.02. The molecule has 0 saturated carbocycles. The van der Waals surface area contributed by atoms with Crippen molar-refractivity contribution in [3.05, 3.63) is 66.6 Å². The van der Waals surface area contributed by atoms with E-state index in [4.69, 9.17) is 5.73 Å². The van der Waals surface area contributed by atoms with Crippen molar-refractivity contribution in [2.24, 2.45) is 0 Å². The Bertz CT molecular complexity index is 673. The summed E-state index contributed by atoms with van der Waals surface area (Å²) in [6.45, 7) is 0.706. The second kappa shape index (κ2) is 4.94. The van der Waals surface area contributed by atoms with Gasteiger partial charge in [0.1, 0.15) is 0 Å². The number of nitrogens with zero attached hydrogens (tertiary/aromatic N) is 3. The van der Waals surface area contributed by atoms with Crippen molar-refractivity contribution in [3.63, 3.8) is 0 Å². The molecular weight excluding hydrogens is 236 g/mol. The highest BCUT2D eigenvalue weighted by Crippen LogP contribution is 2.18. The molecule has 4 nitrogen and oxygen atoms in total. The number of aromatic nitrogens is 3. The molecule has 0 radical (unpaired) electrons. The quantitative estimate of drug-likeness (QED) is 0.777. The molecule has 94 valence electrons. The molecule has 1 aromatic carbocycles. The first kappa shape index (κ1) is 11.5. The third-order valence-electron chi connectivity index (χ3n) is 2.89. The molecule has 0 bridgehead atoms. The smallest absolute Gasteiger partial charge is 0.0719 e. The molecule has 0 atom stereocenters. The highest BCUT2D eigenvalue weighted by molar-refractivity contribution is 5.59. The standard InChI is InChI=1S/C15H14N4/c16-14-9-18-19(11-14)10-12-4-3-5-13(8-12)15-6-1-2-7-17-15/h1-9,11H,10,16H2. The average Bonchev–Trinajstić information content (AvgIpc) is 2.85. The van der Waals surface area contributed by atoms with Crippen molar-refractivity contribution in [2.45, 2.75) is 6.54 Å². The number of nitrogen functional groups attached to an aromatic ring is 1.